The van der Waals surface area contributed by atoms with Crippen molar-refractivity contribution in [3.63, 3.8) is 0 Å². The third kappa shape index (κ3) is 4.17. The van der Waals surface area contributed by atoms with Crippen LogP contribution in [0.2, 0.25) is 0 Å². The van der Waals surface area contributed by atoms with E-state index in [1.54, 1.807) is 4.90 Å². The van der Waals surface area contributed by atoms with Crippen LogP contribution in [0.4, 0.5) is 4.79 Å². The van der Waals surface area contributed by atoms with Gasteiger partial charge in [0.05, 0.1) is 12.1 Å². The first-order valence-corrected chi connectivity index (χ1v) is 8.57. The molecule has 1 aromatic carbocycles. The van der Waals surface area contributed by atoms with Gasteiger partial charge in [0.2, 0.25) is 6.39 Å². The van der Waals surface area contributed by atoms with Crippen LogP contribution in [-0.2, 0) is 4.74 Å². The normalized spacial score (nSPS) is 16.9. The smallest absolute Gasteiger partial charge is 0.410 e. The second kappa shape index (κ2) is 7.65. The van der Waals surface area contributed by atoms with Crippen LogP contribution in [0.5, 0.6) is 0 Å². The summed E-state index contributed by atoms with van der Waals surface area (Å²) in [6.45, 7) is 8.46. The lowest BCUT2D eigenvalue weighted by Gasteiger charge is -2.38. The molecule has 3 rings (SSSR count). The molecule has 1 atom stereocenters. The molecule has 1 aromatic heterocycles. The fourth-order valence-corrected chi connectivity index (χ4v) is 3.10. The molecule has 1 aliphatic rings. The van der Waals surface area contributed by atoms with Crippen LogP contribution in [0.25, 0.3) is 0 Å². The van der Waals surface area contributed by atoms with E-state index in [1.807, 2.05) is 19.9 Å². The first-order chi connectivity index (χ1) is 12.0. The van der Waals surface area contributed by atoms with Crippen LogP contribution in [0.1, 0.15) is 36.8 Å². The molecule has 0 saturated carbocycles. The summed E-state index contributed by atoms with van der Waals surface area (Å²) in [4.78, 5) is 20.4. The number of amides is 1. The van der Waals surface area contributed by atoms with Gasteiger partial charge >= 0.3 is 6.09 Å². The van der Waals surface area contributed by atoms with Crippen molar-refractivity contribution in [1.82, 2.24) is 19.9 Å². The van der Waals surface area contributed by atoms with Gasteiger partial charge in [0.15, 0.2) is 5.82 Å². The van der Waals surface area contributed by atoms with Crippen molar-refractivity contribution in [2.45, 2.75) is 32.9 Å². The van der Waals surface area contributed by atoms with Gasteiger partial charge in [-0.05, 0) is 26.3 Å². The van der Waals surface area contributed by atoms with Crippen LogP contribution >= 0.6 is 0 Å². The minimum atomic E-state index is -0.249. The summed E-state index contributed by atoms with van der Waals surface area (Å²) in [6, 6.07) is 8.24. The molecule has 134 valence electrons. The fourth-order valence-electron chi connectivity index (χ4n) is 3.10. The zero-order valence-corrected chi connectivity index (χ0v) is 14.9. The Morgan fingerprint density at radius 3 is 2.60 bits per heavy atom. The molecule has 1 saturated heterocycles. The third-order valence-corrected chi connectivity index (χ3v) is 4.25. The number of hydrogen-bond acceptors (Lipinski definition) is 6. The Balaban J connectivity index is 1.75. The van der Waals surface area contributed by atoms with Crippen LogP contribution in [0.3, 0.4) is 0 Å². The summed E-state index contributed by atoms with van der Waals surface area (Å²) >= 11 is 0. The van der Waals surface area contributed by atoms with Crippen LogP contribution in [0, 0.1) is 6.92 Å². The molecule has 0 spiro atoms. The number of piperazine rings is 1. The SMILES string of the molecule is Cc1cccc(C(c2ncon2)N2CCN(C(=O)OC(C)C)CC2)c1. The van der Waals surface area contributed by atoms with Crippen molar-refractivity contribution in [3.05, 3.63) is 47.6 Å². The average Bonchev–Trinajstić information content (AvgIpc) is 3.09. The van der Waals surface area contributed by atoms with Gasteiger partial charge in [-0.1, -0.05) is 35.0 Å². The first kappa shape index (κ1) is 17.4. The molecule has 0 aliphatic carbocycles. The Hall–Kier alpha value is -2.41. The molecule has 0 bridgehead atoms. The number of hydrogen-bond donors (Lipinski definition) is 0. The van der Waals surface area contributed by atoms with Gasteiger partial charge in [-0.15, -0.1) is 0 Å². The molecule has 0 radical (unpaired) electrons. The zero-order valence-electron chi connectivity index (χ0n) is 14.9. The number of nitrogens with zero attached hydrogens (tertiary/aromatic N) is 4. The van der Waals surface area contributed by atoms with E-state index in [0.717, 1.165) is 18.7 Å². The maximum Gasteiger partial charge on any atom is 0.410 e. The predicted molar refractivity (Wildman–Crippen MR) is 92.1 cm³/mol. The van der Waals surface area contributed by atoms with E-state index in [2.05, 4.69) is 40.2 Å². The highest BCUT2D eigenvalue weighted by Crippen LogP contribution is 2.28. The highest BCUT2D eigenvalue weighted by atomic mass is 16.6. The number of carbonyl (C=O) groups is 1. The van der Waals surface area contributed by atoms with Gasteiger partial charge in [-0.2, -0.15) is 4.98 Å². The third-order valence-electron chi connectivity index (χ3n) is 4.25. The number of aryl methyl sites for hydroxylation is 1. The van der Waals surface area contributed by atoms with Crippen LogP contribution < -0.4 is 0 Å². The summed E-state index contributed by atoms with van der Waals surface area (Å²) < 4.78 is 10.3. The van der Waals surface area contributed by atoms with E-state index in [4.69, 9.17) is 9.26 Å². The summed E-state index contributed by atoms with van der Waals surface area (Å²) in [5.41, 5.74) is 2.31. The summed E-state index contributed by atoms with van der Waals surface area (Å²) in [5.74, 6) is 0.642. The molecule has 0 N–H and O–H groups in total. The van der Waals surface area contributed by atoms with Crippen molar-refractivity contribution < 1.29 is 14.1 Å². The van der Waals surface area contributed by atoms with Gasteiger partial charge in [0, 0.05) is 26.2 Å². The van der Waals surface area contributed by atoms with Gasteiger partial charge in [0.1, 0.15) is 0 Å². The lowest BCUT2D eigenvalue weighted by atomic mass is 10.0. The van der Waals surface area contributed by atoms with Gasteiger partial charge < -0.3 is 14.2 Å². The number of aromatic nitrogens is 2. The highest BCUT2D eigenvalue weighted by molar-refractivity contribution is 5.67. The van der Waals surface area contributed by atoms with Gasteiger partial charge in [-0.3, -0.25) is 4.90 Å². The molecule has 2 heterocycles. The molecule has 7 heteroatoms. The van der Waals surface area contributed by atoms with E-state index < -0.39 is 0 Å². The maximum atomic E-state index is 12.1. The molecule has 1 amide bonds. The largest absolute Gasteiger partial charge is 0.447 e. The average molecular weight is 344 g/mol. The van der Waals surface area contributed by atoms with Gasteiger partial charge in [0.25, 0.3) is 0 Å². The van der Waals surface area contributed by atoms with Crippen molar-refractivity contribution in [2.24, 2.45) is 0 Å². The van der Waals surface area contributed by atoms with Gasteiger partial charge in [-0.25, -0.2) is 4.79 Å². The van der Waals surface area contributed by atoms with Crippen LogP contribution in [0.15, 0.2) is 35.2 Å². The Morgan fingerprint density at radius 1 is 1.24 bits per heavy atom. The van der Waals surface area contributed by atoms with Crippen LogP contribution in [-0.4, -0.2) is 58.3 Å². The second-order valence-electron chi connectivity index (χ2n) is 6.56. The fraction of sp³-hybridized carbons (Fsp3) is 0.500. The lowest BCUT2D eigenvalue weighted by molar-refractivity contribution is 0.0507. The molecule has 7 nitrogen and oxygen atoms in total. The standard InChI is InChI=1S/C18H24N4O3/c1-13(2)25-18(23)22-9-7-21(8-10-22)16(17-19-12-24-20-17)15-6-4-5-14(3)11-15/h4-6,11-13,16H,7-10H2,1-3H3. The summed E-state index contributed by atoms with van der Waals surface area (Å²) in [5, 5.41) is 4.06. The summed E-state index contributed by atoms with van der Waals surface area (Å²) in [7, 11) is 0. The zero-order chi connectivity index (χ0) is 17.8. The lowest BCUT2D eigenvalue weighted by Crippen LogP contribution is -2.50. The number of carbonyl (C=O) groups excluding carboxylic acids is 1. The Morgan fingerprint density at radius 2 is 2.00 bits per heavy atom. The van der Waals surface area contributed by atoms with E-state index in [9.17, 15) is 4.79 Å². The first-order valence-electron chi connectivity index (χ1n) is 8.57. The monoisotopic (exact) mass is 344 g/mol. The van der Waals surface area contributed by atoms with Crippen molar-refractivity contribution in [1.29, 1.82) is 0 Å². The predicted octanol–water partition coefficient (Wildman–Crippen LogP) is 2.63. The Labute approximate surface area is 147 Å². The highest BCUT2D eigenvalue weighted by Gasteiger charge is 2.31. The molecule has 1 fully saturated rings. The minimum Gasteiger partial charge on any atom is -0.447 e. The number of ether oxygens (including phenoxy) is 1. The quantitative estimate of drug-likeness (QED) is 0.849. The molecule has 1 aliphatic heterocycles. The molecule has 25 heavy (non-hydrogen) atoms. The Bertz CT molecular complexity index is 694. The second-order valence-corrected chi connectivity index (χ2v) is 6.56. The van der Waals surface area contributed by atoms with E-state index >= 15 is 0 Å². The molecular weight excluding hydrogens is 320 g/mol. The van der Waals surface area contributed by atoms with Crippen molar-refractivity contribution in [2.75, 3.05) is 26.2 Å². The molecule has 1 unspecified atom stereocenters. The number of benzene rings is 1. The number of rotatable bonds is 4. The van der Waals surface area contributed by atoms with E-state index in [1.165, 1.54) is 12.0 Å². The molecular formula is C18H24N4O3. The van der Waals surface area contributed by atoms with Crippen molar-refractivity contribution in [3.8, 4) is 0 Å². The Kier molecular flexibility index (Phi) is 5.33. The minimum absolute atomic E-state index is 0.0816. The maximum absolute atomic E-state index is 12.1. The topological polar surface area (TPSA) is 71.7 Å². The summed E-state index contributed by atoms with van der Waals surface area (Å²) in [6.07, 6.45) is 1.00. The van der Waals surface area contributed by atoms with E-state index in [-0.39, 0.29) is 18.2 Å². The molecule has 2 aromatic rings. The van der Waals surface area contributed by atoms with E-state index in [0.29, 0.717) is 18.9 Å². The van der Waals surface area contributed by atoms with Crippen molar-refractivity contribution >= 4 is 6.09 Å².